The molecule has 2 atom stereocenters. The predicted octanol–water partition coefficient (Wildman–Crippen LogP) is 3.90. The van der Waals surface area contributed by atoms with Crippen molar-refractivity contribution in [1.29, 1.82) is 0 Å². The average molecular weight is 559 g/mol. The van der Waals surface area contributed by atoms with Gasteiger partial charge in [0.05, 0.1) is 19.5 Å². The minimum Gasteiger partial charge on any atom is -0.494 e. The summed E-state index contributed by atoms with van der Waals surface area (Å²) in [5, 5.41) is 10.2. The quantitative estimate of drug-likeness (QED) is 0.267. The SMILES string of the molecule is CCO[C@@H](c1ncc(C)cn1)[C@@H](C)S(=O)(=O)Cc1nnc(-c2nc(C)cs2)n1-c1c(OC)cccc1OC. The molecule has 0 saturated heterocycles. The van der Waals surface area contributed by atoms with Crippen molar-refractivity contribution in [3.05, 3.63) is 58.9 Å². The van der Waals surface area contributed by atoms with Gasteiger partial charge in [0.15, 0.2) is 32.3 Å². The van der Waals surface area contributed by atoms with E-state index in [0.29, 0.717) is 40.4 Å². The first-order valence-corrected chi connectivity index (χ1v) is 14.5. The number of para-hydroxylation sites is 1. The second-order valence-corrected chi connectivity index (χ2v) is 11.8. The number of hydrogen-bond acceptors (Lipinski definition) is 11. The second-order valence-electron chi connectivity index (χ2n) is 8.59. The van der Waals surface area contributed by atoms with Gasteiger partial charge in [-0.15, -0.1) is 21.5 Å². The maximum absolute atomic E-state index is 13.8. The second kappa shape index (κ2) is 11.5. The number of hydrogen-bond donors (Lipinski definition) is 0. The van der Waals surface area contributed by atoms with E-state index in [-0.39, 0.29) is 5.82 Å². The van der Waals surface area contributed by atoms with Crippen molar-refractivity contribution in [3.8, 4) is 28.0 Å². The molecule has 0 radical (unpaired) electrons. The predicted molar refractivity (Wildman–Crippen MR) is 144 cm³/mol. The first-order valence-electron chi connectivity index (χ1n) is 11.9. The minimum absolute atomic E-state index is 0.183. The molecule has 0 N–H and O–H groups in total. The van der Waals surface area contributed by atoms with Crippen LogP contribution in [0.1, 0.15) is 42.9 Å². The number of aromatic nitrogens is 6. The lowest BCUT2D eigenvalue weighted by molar-refractivity contribution is 0.0556. The Labute approximate surface area is 225 Å². The monoisotopic (exact) mass is 558 g/mol. The summed E-state index contributed by atoms with van der Waals surface area (Å²) in [6.45, 7) is 7.42. The Morgan fingerprint density at radius 3 is 2.26 bits per heavy atom. The summed E-state index contributed by atoms with van der Waals surface area (Å²) in [6, 6.07) is 5.30. The molecule has 0 spiro atoms. The van der Waals surface area contributed by atoms with Crippen molar-refractivity contribution in [2.75, 3.05) is 20.8 Å². The third-order valence-electron chi connectivity index (χ3n) is 5.89. The van der Waals surface area contributed by atoms with Gasteiger partial charge in [-0.3, -0.25) is 4.57 Å². The fraction of sp³-hybridized carbons (Fsp3) is 0.400. The Morgan fingerprint density at radius 2 is 1.71 bits per heavy atom. The lowest BCUT2D eigenvalue weighted by Gasteiger charge is -2.23. The van der Waals surface area contributed by atoms with E-state index in [1.807, 2.05) is 19.2 Å². The highest BCUT2D eigenvalue weighted by Gasteiger charge is 2.36. The molecule has 0 fully saturated rings. The van der Waals surface area contributed by atoms with E-state index in [4.69, 9.17) is 14.2 Å². The van der Waals surface area contributed by atoms with Crippen molar-refractivity contribution in [3.63, 3.8) is 0 Å². The Bertz CT molecular complexity index is 1480. The van der Waals surface area contributed by atoms with Crippen LogP contribution in [0.15, 0.2) is 36.0 Å². The summed E-state index contributed by atoms with van der Waals surface area (Å²) in [7, 11) is -0.793. The minimum atomic E-state index is -3.85. The van der Waals surface area contributed by atoms with Crippen LogP contribution in [-0.2, 0) is 20.3 Å². The van der Waals surface area contributed by atoms with Crippen LogP contribution in [0.2, 0.25) is 0 Å². The zero-order valence-corrected chi connectivity index (χ0v) is 23.7. The summed E-state index contributed by atoms with van der Waals surface area (Å²) >= 11 is 1.38. The molecular formula is C25H30N6O5S2. The van der Waals surface area contributed by atoms with Crippen LogP contribution in [0.3, 0.4) is 0 Å². The van der Waals surface area contributed by atoms with Gasteiger partial charge in [0, 0.05) is 30.1 Å². The van der Waals surface area contributed by atoms with Crippen LogP contribution in [0.5, 0.6) is 11.5 Å². The van der Waals surface area contributed by atoms with Crippen LogP contribution in [0.4, 0.5) is 0 Å². The Kier molecular flexibility index (Phi) is 8.38. The highest BCUT2D eigenvalue weighted by Crippen LogP contribution is 2.37. The van der Waals surface area contributed by atoms with Crippen molar-refractivity contribution >= 4 is 21.2 Å². The normalized spacial score (nSPS) is 13.3. The lowest BCUT2D eigenvalue weighted by Crippen LogP contribution is -2.30. The molecular weight excluding hydrogens is 528 g/mol. The van der Waals surface area contributed by atoms with E-state index < -0.39 is 26.9 Å². The summed E-state index contributed by atoms with van der Waals surface area (Å²) in [5.41, 5.74) is 2.15. The fourth-order valence-electron chi connectivity index (χ4n) is 3.94. The smallest absolute Gasteiger partial charge is 0.197 e. The molecule has 0 bridgehead atoms. The Morgan fingerprint density at radius 1 is 1.05 bits per heavy atom. The molecule has 0 aliphatic carbocycles. The van der Waals surface area contributed by atoms with Gasteiger partial charge in [-0.25, -0.2) is 23.4 Å². The van der Waals surface area contributed by atoms with Gasteiger partial charge in [-0.05, 0) is 45.4 Å². The van der Waals surface area contributed by atoms with Gasteiger partial charge in [-0.2, -0.15) is 0 Å². The number of ether oxygens (including phenoxy) is 3. The van der Waals surface area contributed by atoms with Gasteiger partial charge in [0.1, 0.15) is 29.0 Å². The largest absolute Gasteiger partial charge is 0.494 e. The van der Waals surface area contributed by atoms with E-state index in [1.165, 1.54) is 25.6 Å². The number of thiazole rings is 1. The molecule has 3 heterocycles. The average Bonchev–Trinajstić information content (AvgIpc) is 3.52. The van der Waals surface area contributed by atoms with Crippen LogP contribution in [-0.4, -0.2) is 64.2 Å². The van der Waals surface area contributed by atoms with E-state index in [0.717, 1.165) is 11.3 Å². The molecule has 0 saturated carbocycles. The van der Waals surface area contributed by atoms with E-state index in [9.17, 15) is 8.42 Å². The number of aryl methyl sites for hydroxylation is 2. The zero-order chi connectivity index (χ0) is 27.4. The van der Waals surface area contributed by atoms with Crippen molar-refractivity contribution in [2.24, 2.45) is 0 Å². The van der Waals surface area contributed by atoms with Gasteiger partial charge in [0.2, 0.25) is 0 Å². The van der Waals surface area contributed by atoms with Crippen molar-refractivity contribution in [2.45, 2.75) is 44.8 Å². The van der Waals surface area contributed by atoms with Crippen LogP contribution in [0, 0.1) is 13.8 Å². The molecule has 11 nitrogen and oxygen atoms in total. The Balaban J connectivity index is 1.82. The first-order chi connectivity index (χ1) is 18.2. The number of sulfone groups is 1. The van der Waals surface area contributed by atoms with Crippen LogP contribution < -0.4 is 9.47 Å². The fourth-order valence-corrected chi connectivity index (χ4v) is 6.10. The van der Waals surface area contributed by atoms with Gasteiger partial charge in [0.25, 0.3) is 0 Å². The molecule has 3 aromatic heterocycles. The summed E-state index contributed by atoms with van der Waals surface area (Å²) in [6.07, 6.45) is 2.42. The topological polar surface area (TPSA) is 131 Å². The van der Waals surface area contributed by atoms with E-state index >= 15 is 0 Å². The maximum atomic E-state index is 13.8. The van der Waals surface area contributed by atoms with Gasteiger partial charge in [-0.1, -0.05) is 6.07 Å². The highest BCUT2D eigenvalue weighted by atomic mass is 32.2. The third-order valence-corrected chi connectivity index (χ3v) is 8.89. The van der Waals surface area contributed by atoms with Gasteiger partial charge < -0.3 is 14.2 Å². The highest BCUT2D eigenvalue weighted by molar-refractivity contribution is 7.91. The van der Waals surface area contributed by atoms with Crippen molar-refractivity contribution in [1.82, 2.24) is 29.7 Å². The molecule has 4 aromatic rings. The molecule has 38 heavy (non-hydrogen) atoms. The standard InChI is InChI=1S/C25H30N6O5S2/c1-7-36-22(23-26-11-15(2)12-27-23)17(4)38(32,33)14-20-29-30-24(25-28-16(3)13-37-25)31(20)21-18(34-5)9-8-10-19(21)35-6/h8-13,17,22H,7,14H2,1-6H3/t17-,22-/m1/s1. The first kappa shape index (κ1) is 27.6. The number of nitrogens with zero attached hydrogens (tertiary/aromatic N) is 6. The van der Waals surface area contributed by atoms with Crippen LogP contribution >= 0.6 is 11.3 Å². The van der Waals surface area contributed by atoms with E-state index in [1.54, 1.807) is 49.0 Å². The Hall–Kier alpha value is -3.42. The number of benzene rings is 1. The summed E-state index contributed by atoms with van der Waals surface area (Å²) in [5.74, 6) is 1.37. The van der Waals surface area contributed by atoms with Gasteiger partial charge >= 0.3 is 0 Å². The molecule has 0 aliphatic rings. The molecule has 1 aromatic carbocycles. The summed E-state index contributed by atoms with van der Waals surface area (Å²) < 4.78 is 46.3. The zero-order valence-electron chi connectivity index (χ0n) is 22.1. The number of rotatable bonds is 11. The van der Waals surface area contributed by atoms with E-state index in [2.05, 4.69) is 25.1 Å². The molecule has 0 aliphatic heterocycles. The number of methoxy groups -OCH3 is 2. The van der Waals surface area contributed by atoms with Crippen molar-refractivity contribution < 1.29 is 22.6 Å². The molecule has 13 heteroatoms. The molecule has 202 valence electrons. The lowest BCUT2D eigenvalue weighted by atomic mass is 10.2. The molecule has 4 rings (SSSR count). The summed E-state index contributed by atoms with van der Waals surface area (Å²) in [4.78, 5) is 13.2. The van der Waals surface area contributed by atoms with Crippen LogP contribution in [0.25, 0.3) is 16.5 Å². The third kappa shape index (κ3) is 5.54. The molecule has 0 amide bonds. The molecule has 0 unspecified atom stereocenters. The maximum Gasteiger partial charge on any atom is 0.197 e.